The predicted octanol–water partition coefficient (Wildman–Crippen LogP) is 4.97. The van der Waals surface area contributed by atoms with Gasteiger partial charge in [0.05, 0.1) is 16.6 Å². The van der Waals surface area contributed by atoms with Gasteiger partial charge in [-0.25, -0.2) is 0 Å². The van der Waals surface area contributed by atoms with Crippen LogP contribution in [0.25, 0.3) is 0 Å². The molecule has 4 nitrogen and oxygen atoms in total. The molecule has 0 atom stereocenters. The van der Waals surface area contributed by atoms with E-state index in [-0.39, 0.29) is 11.1 Å². The summed E-state index contributed by atoms with van der Waals surface area (Å²) in [5, 5.41) is 11.9. The molecular formula is C14H17BrClNO3. The summed E-state index contributed by atoms with van der Waals surface area (Å²) in [6, 6.07) is 4.33. The Labute approximate surface area is 131 Å². The summed E-state index contributed by atoms with van der Waals surface area (Å²) in [5.41, 5.74) is 0.138. The topological polar surface area (TPSA) is 52.4 Å². The SMILES string of the molecule is O=[N+]([O-])c1ccc(OCC2(CBr)CCCCC2)c(Cl)c1. The molecule has 1 saturated carbocycles. The second-order valence-electron chi connectivity index (χ2n) is 5.35. The summed E-state index contributed by atoms with van der Waals surface area (Å²) < 4.78 is 5.82. The van der Waals surface area contributed by atoms with Crippen molar-refractivity contribution in [2.24, 2.45) is 5.41 Å². The molecule has 0 aromatic heterocycles. The minimum atomic E-state index is -0.462. The van der Waals surface area contributed by atoms with Gasteiger partial charge in [-0.05, 0) is 18.9 Å². The van der Waals surface area contributed by atoms with E-state index >= 15 is 0 Å². The van der Waals surface area contributed by atoms with Crippen LogP contribution in [0.4, 0.5) is 5.69 Å². The molecule has 0 N–H and O–H groups in total. The first kappa shape index (κ1) is 15.6. The van der Waals surface area contributed by atoms with Gasteiger partial charge in [0.25, 0.3) is 5.69 Å². The van der Waals surface area contributed by atoms with E-state index in [1.165, 1.54) is 31.4 Å². The zero-order valence-electron chi connectivity index (χ0n) is 11.1. The minimum Gasteiger partial charge on any atom is -0.491 e. The van der Waals surface area contributed by atoms with E-state index < -0.39 is 4.92 Å². The Morgan fingerprint density at radius 2 is 2.05 bits per heavy atom. The van der Waals surface area contributed by atoms with Crippen molar-refractivity contribution in [2.75, 3.05) is 11.9 Å². The normalized spacial score (nSPS) is 17.7. The van der Waals surface area contributed by atoms with Crippen molar-refractivity contribution in [3.05, 3.63) is 33.3 Å². The molecular weight excluding hydrogens is 346 g/mol. The lowest BCUT2D eigenvalue weighted by molar-refractivity contribution is -0.384. The van der Waals surface area contributed by atoms with Crippen LogP contribution in [0.5, 0.6) is 5.75 Å². The summed E-state index contributed by atoms with van der Waals surface area (Å²) in [4.78, 5) is 10.2. The number of hydrogen-bond donors (Lipinski definition) is 0. The van der Waals surface area contributed by atoms with Gasteiger partial charge in [0.15, 0.2) is 0 Å². The van der Waals surface area contributed by atoms with Crippen molar-refractivity contribution in [3.8, 4) is 5.75 Å². The highest BCUT2D eigenvalue weighted by Gasteiger charge is 2.32. The Morgan fingerprint density at radius 1 is 1.35 bits per heavy atom. The first-order valence-electron chi connectivity index (χ1n) is 6.69. The molecule has 0 spiro atoms. The summed E-state index contributed by atoms with van der Waals surface area (Å²) in [7, 11) is 0. The smallest absolute Gasteiger partial charge is 0.271 e. The summed E-state index contributed by atoms with van der Waals surface area (Å²) in [6.07, 6.45) is 6.02. The fourth-order valence-electron chi connectivity index (χ4n) is 2.57. The van der Waals surface area contributed by atoms with Gasteiger partial charge in [-0.3, -0.25) is 10.1 Å². The number of alkyl halides is 1. The van der Waals surface area contributed by atoms with Gasteiger partial charge in [-0.2, -0.15) is 0 Å². The molecule has 1 aliphatic carbocycles. The largest absolute Gasteiger partial charge is 0.491 e. The van der Waals surface area contributed by atoms with E-state index in [4.69, 9.17) is 16.3 Å². The number of non-ortho nitro benzene ring substituents is 1. The van der Waals surface area contributed by atoms with Crippen LogP contribution in [0.1, 0.15) is 32.1 Å². The molecule has 0 heterocycles. The standard InChI is InChI=1S/C14H17BrClNO3/c15-9-14(6-2-1-3-7-14)10-20-13-5-4-11(17(18)19)8-12(13)16/h4-5,8H,1-3,6-7,9-10H2. The third-order valence-electron chi connectivity index (χ3n) is 3.86. The van der Waals surface area contributed by atoms with E-state index in [1.807, 2.05) is 0 Å². The van der Waals surface area contributed by atoms with Gasteiger partial charge in [0, 0.05) is 22.9 Å². The van der Waals surface area contributed by atoms with E-state index in [2.05, 4.69) is 15.9 Å². The van der Waals surface area contributed by atoms with Crippen molar-refractivity contribution in [2.45, 2.75) is 32.1 Å². The fourth-order valence-corrected chi connectivity index (χ4v) is 3.52. The highest BCUT2D eigenvalue weighted by molar-refractivity contribution is 9.09. The number of nitro groups is 1. The van der Waals surface area contributed by atoms with Crippen molar-refractivity contribution in [3.63, 3.8) is 0 Å². The summed E-state index contributed by atoms with van der Waals surface area (Å²) >= 11 is 9.63. The Hall–Kier alpha value is -0.810. The zero-order valence-corrected chi connectivity index (χ0v) is 13.5. The lowest BCUT2D eigenvalue weighted by atomic mass is 9.76. The van der Waals surface area contributed by atoms with Crippen LogP contribution < -0.4 is 4.74 Å². The number of nitrogens with zero attached hydrogens (tertiary/aromatic N) is 1. The van der Waals surface area contributed by atoms with Crippen molar-refractivity contribution >= 4 is 33.2 Å². The Bertz CT molecular complexity index is 489. The average Bonchev–Trinajstić information content (AvgIpc) is 2.47. The fraction of sp³-hybridized carbons (Fsp3) is 0.571. The first-order chi connectivity index (χ1) is 9.56. The average molecular weight is 363 g/mol. The molecule has 1 aromatic carbocycles. The molecule has 1 aromatic rings. The monoisotopic (exact) mass is 361 g/mol. The number of hydrogen-bond acceptors (Lipinski definition) is 3. The van der Waals surface area contributed by atoms with Gasteiger partial charge in [-0.15, -0.1) is 0 Å². The lowest BCUT2D eigenvalue weighted by Gasteiger charge is -2.35. The molecule has 0 bridgehead atoms. The van der Waals surface area contributed by atoms with Crippen LogP contribution in [-0.2, 0) is 0 Å². The molecule has 0 unspecified atom stereocenters. The van der Waals surface area contributed by atoms with Crippen LogP contribution in [0.15, 0.2) is 18.2 Å². The predicted molar refractivity (Wildman–Crippen MR) is 82.9 cm³/mol. The Kier molecular flexibility index (Phi) is 5.27. The minimum absolute atomic E-state index is 0.0183. The van der Waals surface area contributed by atoms with Gasteiger partial charge < -0.3 is 4.74 Å². The lowest BCUT2D eigenvalue weighted by Crippen LogP contribution is -2.32. The quantitative estimate of drug-likeness (QED) is 0.422. The maximum absolute atomic E-state index is 10.7. The molecule has 1 fully saturated rings. The van der Waals surface area contributed by atoms with Crippen LogP contribution >= 0.6 is 27.5 Å². The summed E-state index contributed by atoms with van der Waals surface area (Å²) in [6.45, 7) is 0.593. The number of nitro benzene ring substituents is 1. The van der Waals surface area contributed by atoms with E-state index in [0.717, 1.165) is 18.2 Å². The third kappa shape index (κ3) is 3.64. The molecule has 110 valence electrons. The molecule has 20 heavy (non-hydrogen) atoms. The molecule has 0 aliphatic heterocycles. The van der Waals surface area contributed by atoms with Crippen molar-refractivity contribution in [1.29, 1.82) is 0 Å². The van der Waals surface area contributed by atoms with Gasteiger partial charge >= 0.3 is 0 Å². The van der Waals surface area contributed by atoms with E-state index in [9.17, 15) is 10.1 Å². The first-order valence-corrected chi connectivity index (χ1v) is 8.19. The van der Waals surface area contributed by atoms with Crippen molar-refractivity contribution < 1.29 is 9.66 Å². The number of benzene rings is 1. The van der Waals surface area contributed by atoms with Crippen LogP contribution in [0.3, 0.4) is 0 Å². The second-order valence-corrected chi connectivity index (χ2v) is 6.32. The zero-order chi connectivity index (χ0) is 14.6. The molecule has 0 amide bonds. The third-order valence-corrected chi connectivity index (χ3v) is 5.34. The number of halogens is 2. The molecule has 6 heteroatoms. The highest BCUT2D eigenvalue weighted by Crippen LogP contribution is 2.39. The van der Waals surface area contributed by atoms with E-state index in [0.29, 0.717) is 17.4 Å². The van der Waals surface area contributed by atoms with Crippen LogP contribution in [0.2, 0.25) is 5.02 Å². The van der Waals surface area contributed by atoms with Crippen LogP contribution in [-0.4, -0.2) is 16.9 Å². The maximum atomic E-state index is 10.7. The van der Waals surface area contributed by atoms with Crippen molar-refractivity contribution in [1.82, 2.24) is 0 Å². The maximum Gasteiger partial charge on any atom is 0.271 e. The highest BCUT2D eigenvalue weighted by atomic mass is 79.9. The molecule has 1 aliphatic rings. The molecule has 0 radical (unpaired) electrons. The molecule has 0 saturated heterocycles. The van der Waals surface area contributed by atoms with Gasteiger partial charge in [0.1, 0.15) is 5.75 Å². The summed E-state index contributed by atoms with van der Waals surface area (Å²) in [5.74, 6) is 0.517. The number of ether oxygens (including phenoxy) is 1. The Morgan fingerprint density at radius 3 is 2.60 bits per heavy atom. The van der Waals surface area contributed by atoms with Crippen LogP contribution in [0, 0.1) is 15.5 Å². The van der Waals surface area contributed by atoms with E-state index in [1.54, 1.807) is 6.07 Å². The van der Waals surface area contributed by atoms with Gasteiger partial charge in [0.2, 0.25) is 0 Å². The second kappa shape index (κ2) is 6.76. The Balaban J connectivity index is 2.04. The van der Waals surface area contributed by atoms with Gasteiger partial charge in [-0.1, -0.05) is 46.8 Å². The molecule has 2 rings (SSSR count). The number of rotatable bonds is 5.